The van der Waals surface area contributed by atoms with Crippen LogP contribution in [0.4, 0.5) is 5.69 Å². The van der Waals surface area contributed by atoms with Crippen LogP contribution in [0.2, 0.25) is 10.0 Å². The van der Waals surface area contributed by atoms with E-state index in [2.05, 4.69) is 15.6 Å². The highest BCUT2D eigenvalue weighted by Gasteiger charge is 2.29. The lowest BCUT2D eigenvalue weighted by Crippen LogP contribution is -2.27. The maximum absolute atomic E-state index is 12.2. The average Bonchev–Trinajstić information content (AvgIpc) is 2.84. The molecule has 2 amide bonds. The average molecular weight is 370 g/mol. The first-order valence-electron chi connectivity index (χ1n) is 7.60. The number of fused-ring (bicyclic) bond motifs is 3. The summed E-state index contributed by atoms with van der Waals surface area (Å²) in [5.74, 6) is -1.06. The smallest absolute Gasteiger partial charge is 0.252 e. The number of rotatable bonds is 2. The van der Waals surface area contributed by atoms with Crippen molar-refractivity contribution in [3.05, 3.63) is 27.4 Å². The van der Waals surface area contributed by atoms with Crippen LogP contribution >= 0.6 is 23.2 Å². The molecule has 3 rings (SSSR count). The number of hydrogen-bond donors (Lipinski definition) is 4. The maximum atomic E-state index is 12.2. The Balaban J connectivity index is 2.28. The third kappa shape index (κ3) is 2.75. The monoisotopic (exact) mass is 369 g/mol. The van der Waals surface area contributed by atoms with Crippen LogP contribution in [0.3, 0.4) is 0 Å². The van der Waals surface area contributed by atoms with Crippen molar-refractivity contribution in [3.8, 4) is 0 Å². The van der Waals surface area contributed by atoms with E-state index in [4.69, 9.17) is 23.2 Å². The first-order valence-corrected chi connectivity index (χ1v) is 8.36. The summed E-state index contributed by atoms with van der Waals surface area (Å²) in [4.78, 5) is 27.4. The van der Waals surface area contributed by atoms with Crippen LogP contribution in [0.1, 0.15) is 31.0 Å². The number of aliphatic hydroxyl groups excluding tert-OH is 1. The van der Waals surface area contributed by atoms with Gasteiger partial charge in [-0.1, -0.05) is 23.2 Å². The minimum absolute atomic E-state index is 0.0893. The van der Waals surface area contributed by atoms with Gasteiger partial charge in [0.1, 0.15) is 6.10 Å². The molecule has 4 N–H and O–H groups in total. The van der Waals surface area contributed by atoms with E-state index in [1.807, 2.05) is 0 Å². The zero-order valence-electron chi connectivity index (χ0n) is 13.2. The minimum atomic E-state index is -1.17. The van der Waals surface area contributed by atoms with Crippen LogP contribution in [-0.4, -0.2) is 34.6 Å². The third-order valence-corrected chi connectivity index (χ3v) is 5.02. The van der Waals surface area contributed by atoms with Crippen molar-refractivity contribution in [2.45, 2.75) is 32.3 Å². The highest BCUT2D eigenvalue weighted by molar-refractivity contribution is 6.45. The van der Waals surface area contributed by atoms with E-state index < -0.39 is 17.9 Å². The fourth-order valence-corrected chi connectivity index (χ4v) is 3.40. The lowest BCUT2D eigenvalue weighted by Gasteiger charge is -2.14. The Morgan fingerprint density at radius 1 is 1.46 bits per heavy atom. The summed E-state index contributed by atoms with van der Waals surface area (Å²) in [5, 5.41) is 16.2. The van der Waals surface area contributed by atoms with Gasteiger partial charge in [0.25, 0.3) is 5.91 Å². The van der Waals surface area contributed by atoms with Gasteiger partial charge in [-0.2, -0.15) is 0 Å². The molecule has 0 spiro atoms. The summed E-state index contributed by atoms with van der Waals surface area (Å²) in [6.07, 6.45) is -0.551. The van der Waals surface area contributed by atoms with Crippen molar-refractivity contribution >= 4 is 51.6 Å². The number of benzene rings is 1. The standard InChI is InChI=1S/C16H17Cl2N3O3/c1-6-11-9(3-4-19-15(6)23)20-14-12(11)10(5-8(17)13(14)18)21-16(24)7(2)22/h5-7,20,22H,3-4H2,1-2H3,(H,19,23)(H,21,24)/t6-,7+/m1/s1. The molecule has 0 bridgehead atoms. The zero-order chi connectivity index (χ0) is 17.6. The van der Waals surface area contributed by atoms with Crippen molar-refractivity contribution in [1.82, 2.24) is 10.3 Å². The van der Waals surface area contributed by atoms with Gasteiger partial charge in [-0.05, 0) is 25.5 Å². The molecule has 2 atom stereocenters. The van der Waals surface area contributed by atoms with E-state index in [0.717, 1.165) is 11.3 Å². The Morgan fingerprint density at radius 2 is 2.17 bits per heavy atom. The number of nitrogens with one attached hydrogen (secondary N) is 3. The number of aromatic nitrogens is 1. The second-order valence-corrected chi connectivity index (χ2v) is 6.70. The van der Waals surface area contributed by atoms with Crippen molar-refractivity contribution in [1.29, 1.82) is 0 Å². The molecule has 0 fully saturated rings. The zero-order valence-corrected chi connectivity index (χ0v) is 14.7. The van der Waals surface area contributed by atoms with Crippen LogP contribution in [0, 0.1) is 0 Å². The molecule has 1 aromatic carbocycles. The fourth-order valence-electron chi connectivity index (χ4n) is 3.00. The van der Waals surface area contributed by atoms with E-state index in [0.29, 0.717) is 34.6 Å². The van der Waals surface area contributed by atoms with Crippen LogP contribution < -0.4 is 10.6 Å². The number of carbonyl (C=O) groups excluding carboxylic acids is 2. The molecular weight excluding hydrogens is 353 g/mol. The van der Waals surface area contributed by atoms with E-state index >= 15 is 0 Å². The molecular formula is C16H17Cl2N3O3. The summed E-state index contributed by atoms with van der Waals surface area (Å²) < 4.78 is 0. The molecule has 2 heterocycles. The molecule has 0 radical (unpaired) electrons. The lowest BCUT2D eigenvalue weighted by atomic mass is 9.96. The SMILES string of the molecule is C[C@H](O)C(=O)Nc1cc(Cl)c(Cl)c2[nH]c3c(c12)[C@@H](C)C(=O)NCC3. The molecule has 2 aromatic rings. The van der Waals surface area contributed by atoms with Gasteiger partial charge in [-0.3, -0.25) is 9.59 Å². The molecule has 128 valence electrons. The molecule has 0 unspecified atom stereocenters. The predicted octanol–water partition coefficient (Wildman–Crippen LogP) is 2.57. The Morgan fingerprint density at radius 3 is 2.83 bits per heavy atom. The second kappa shape index (κ2) is 6.27. The number of carbonyl (C=O) groups is 2. The van der Waals surface area contributed by atoms with Crippen LogP contribution in [0.25, 0.3) is 10.9 Å². The molecule has 1 aromatic heterocycles. The third-order valence-electron chi connectivity index (χ3n) is 4.23. The number of aromatic amines is 1. The summed E-state index contributed by atoms with van der Waals surface area (Å²) >= 11 is 12.5. The van der Waals surface area contributed by atoms with Gasteiger partial charge in [0.2, 0.25) is 5.91 Å². The van der Waals surface area contributed by atoms with Gasteiger partial charge in [0, 0.05) is 24.0 Å². The van der Waals surface area contributed by atoms with Crippen molar-refractivity contribution < 1.29 is 14.7 Å². The van der Waals surface area contributed by atoms with E-state index in [-0.39, 0.29) is 10.9 Å². The van der Waals surface area contributed by atoms with Gasteiger partial charge >= 0.3 is 0 Å². The molecule has 1 aliphatic heterocycles. The van der Waals surface area contributed by atoms with Gasteiger partial charge < -0.3 is 20.7 Å². The van der Waals surface area contributed by atoms with Crippen LogP contribution in [0.15, 0.2) is 6.07 Å². The van der Waals surface area contributed by atoms with E-state index in [1.54, 1.807) is 6.92 Å². The first-order chi connectivity index (χ1) is 11.3. The fraction of sp³-hybridized carbons (Fsp3) is 0.375. The molecule has 0 aliphatic carbocycles. The number of H-pyrrole nitrogens is 1. The largest absolute Gasteiger partial charge is 0.384 e. The summed E-state index contributed by atoms with van der Waals surface area (Å²) in [7, 11) is 0. The summed E-state index contributed by atoms with van der Waals surface area (Å²) in [6.45, 7) is 3.69. The molecule has 1 aliphatic rings. The van der Waals surface area contributed by atoms with E-state index in [9.17, 15) is 14.7 Å². The van der Waals surface area contributed by atoms with Crippen LogP contribution in [0.5, 0.6) is 0 Å². The maximum Gasteiger partial charge on any atom is 0.252 e. The quantitative estimate of drug-likeness (QED) is 0.655. The molecule has 6 nitrogen and oxygen atoms in total. The van der Waals surface area contributed by atoms with Gasteiger partial charge in [0.05, 0.1) is 27.2 Å². The summed E-state index contributed by atoms with van der Waals surface area (Å²) in [6, 6.07) is 1.54. The predicted molar refractivity (Wildman–Crippen MR) is 93.8 cm³/mol. The Hall–Kier alpha value is -1.76. The number of amides is 2. The minimum Gasteiger partial charge on any atom is -0.384 e. The molecule has 8 heteroatoms. The van der Waals surface area contributed by atoms with Crippen molar-refractivity contribution in [3.63, 3.8) is 0 Å². The number of anilines is 1. The molecule has 0 saturated heterocycles. The normalized spacial score (nSPS) is 18.7. The van der Waals surface area contributed by atoms with Gasteiger partial charge in [-0.15, -0.1) is 0 Å². The Labute approximate surface area is 148 Å². The van der Waals surface area contributed by atoms with Gasteiger partial charge in [-0.25, -0.2) is 0 Å². The van der Waals surface area contributed by atoms with Crippen LogP contribution in [-0.2, 0) is 16.0 Å². The highest BCUT2D eigenvalue weighted by atomic mass is 35.5. The molecule has 24 heavy (non-hydrogen) atoms. The molecule has 0 saturated carbocycles. The van der Waals surface area contributed by atoms with Gasteiger partial charge in [0.15, 0.2) is 0 Å². The first kappa shape index (κ1) is 17.1. The van der Waals surface area contributed by atoms with Crippen molar-refractivity contribution in [2.24, 2.45) is 0 Å². The lowest BCUT2D eigenvalue weighted by molar-refractivity contribution is -0.123. The number of aliphatic hydroxyl groups is 1. The summed E-state index contributed by atoms with van der Waals surface area (Å²) in [5.41, 5.74) is 2.67. The number of halogens is 2. The Bertz CT molecular complexity index is 845. The highest BCUT2D eigenvalue weighted by Crippen LogP contribution is 2.42. The van der Waals surface area contributed by atoms with Crippen molar-refractivity contribution in [2.75, 3.05) is 11.9 Å². The number of hydrogen-bond acceptors (Lipinski definition) is 3. The van der Waals surface area contributed by atoms with E-state index in [1.165, 1.54) is 13.0 Å². The topological polar surface area (TPSA) is 94.2 Å². The Kier molecular flexibility index (Phi) is 4.46. The second-order valence-electron chi connectivity index (χ2n) is 5.92.